The fourth-order valence-corrected chi connectivity index (χ4v) is 4.51. The van der Waals surface area contributed by atoms with Gasteiger partial charge in [0.05, 0.1) is 15.6 Å². The Hall–Kier alpha value is -1.58. The van der Waals surface area contributed by atoms with Gasteiger partial charge in [0.2, 0.25) is 10.0 Å². The highest BCUT2D eigenvalue weighted by Gasteiger charge is 2.41. The Bertz CT molecular complexity index is 983. The molecule has 1 fully saturated rings. The zero-order valence-corrected chi connectivity index (χ0v) is 17.0. The number of rotatable bonds is 7. The quantitative estimate of drug-likeness (QED) is 0.655. The van der Waals surface area contributed by atoms with Gasteiger partial charge in [0.25, 0.3) is 0 Å². The summed E-state index contributed by atoms with van der Waals surface area (Å²) in [5.41, 5.74) is 1.17. The van der Waals surface area contributed by atoms with Gasteiger partial charge in [-0.1, -0.05) is 17.7 Å². The van der Waals surface area contributed by atoms with Crippen LogP contribution in [0, 0.1) is 13.8 Å². The third-order valence-electron chi connectivity index (χ3n) is 4.79. The molecule has 154 valence electrons. The maximum Gasteiger partial charge on any atom is 0.436 e. The van der Waals surface area contributed by atoms with E-state index in [1.165, 1.54) is 10.7 Å². The first-order valence-electron chi connectivity index (χ1n) is 8.91. The molecule has 1 aliphatic rings. The molecule has 1 saturated carbocycles. The van der Waals surface area contributed by atoms with Gasteiger partial charge in [-0.2, -0.15) is 18.3 Å². The second-order valence-electron chi connectivity index (χ2n) is 7.04. The van der Waals surface area contributed by atoms with Gasteiger partial charge in [0.1, 0.15) is 0 Å². The van der Waals surface area contributed by atoms with Crippen molar-refractivity contribution >= 4 is 21.6 Å². The lowest BCUT2D eigenvalue weighted by Gasteiger charge is -2.10. The lowest BCUT2D eigenvalue weighted by Crippen LogP contribution is -2.26. The van der Waals surface area contributed by atoms with Crippen molar-refractivity contribution in [3.8, 4) is 0 Å². The standard InChI is InChI=1S/C18H21ClF3N3O2S/c1-11-4-7-14(10-12(11)2)28(26,27)23-8-3-9-25-16(13-5-6-13)15(19)17(24-25)18(20,21)22/h4,7,10,13,23H,3,5-6,8-9H2,1-2H3. The summed E-state index contributed by atoms with van der Waals surface area (Å²) in [4.78, 5) is 0.163. The van der Waals surface area contributed by atoms with Crippen LogP contribution in [0.25, 0.3) is 0 Å². The third kappa shape index (κ3) is 4.52. The second kappa shape index (κ2) is 7.68. The summed E-state index contributed by atoms with van der Waals surface area (Å²) < 4.78 is 67.7. The molecule has 0 unspecified atom stereocenters. The van der Waals surface area contributed by atoms with Crippen LogP contribution in [0.15, 0.2) is 23.1 Å². The third-order valence-corrected chi connectivity index (χ3v) is 6.62. The van der Waals surface area contributed by atoms with Crippen LogP contribution < -0.4 is 4.72 Å². The zero-order chi connectivity index (χ0) is 20.7. The molecule has 2 aromatic rings. The number of benzene rings is 1. The minimum atomic E-state index is -4.61. The molecule has 0 amide bonds. The highest BCUT2D eigenvalue weighted by Crippen LogP contribution is 2.46. The summed E-state index contributed by atoms with van der Waals surface area (Å²) in [5.74, 6) is -0.0108. The van der Waals surface area contributed by atoms with Gasteiger partial charge in [0, 0.05) is 19.0 Å². The summed E-state index contributed by atoms with van der Waals surface area (Å²) in [6.45, 7) is 3.95. The van der Waals surface area contributed by atoms with Gasteiger partial charge in [-0.15, -0.1) is 0 Å². The van der Waals surface area contributed by atoms with Crippen molar-refractivity contribution in [2.75, 3.05) is 6.54 Å². The van der Waals surface area contributed by atoms with Crippen molar-refractivity contribution in [2.24, 2.45) is 0 Å². The smallest absolute Gasteiger partial charge is 0.267 e. The Morgan fingerprint density at radius 1 is 1.25 bits per heavy atom. The van der Waals surface area contributed by atoms with Crippen LogP contribution >= 0.6 is 11.6 Å². The SMILES string of the molecule is Cc1ccc(S(=O)(=O)NCCCn2nc(C(F)(F)F)c(Cl)c2C2CC2)cc1C. The lowest BCUT2D eigenvalue weighted by atomic mass is 10.1. The Labute approximate surface area is 166 Å². The van der Waals surface area contributed by atoms with E-state index in [0.717, 1.165) is 24.0 Å². The number of alkyl halides is 3. The molecule has 1 aromatic heterocycles. The van der Waals surface area contributed by atoms with Gasteiger partial charge >= 0.3 is 6.18 Å². The Kier molecular flexibility index (Phi) is 5.80. The molecule has 0 saturated heterocycles. The second-order valence-corrected chi connectivity index (χ2v) is 9.19. The molecule has 0 radical (unpaired) electrons. The molecule has 1 heterocycles. The maximum absolute atomic E-state index is 13.1. The van der Waals surface area contributed by atoms with Gasteiger partial charge in [0.15, 0.2) is 5.69 Å². The van der Waals surface area contributed by atoms with E-state index >= 15 is 0 Å². The molecule has 0 atom stereocenters. The zero-order valence-electron chi connectivity index (χ0n) is 15.5. The van der Waals surface area contributed by atoms with Crippen molar-refractivity contribution in [3.05, 3.63) is 45.7 Å². The topological polar surface area (TPSA) is 64.0 Å². The summed E-state index contributed by atoms with van der Waals surface area (Å²) in [7, 11) is -3.68. The first-order valence-corrected chi connectivity index (χ1v) is 10.8. The predicted molar refractivity (Wildman–Crippen MR) is 99.9 cm³/mol. The van der Waals surface area contributed by atoms with E-state index in [-0.39, 0.29) is 28.9 Å². The number of nitrogens with zero attached hydrogens (tertiary/aromatic N) is 2. The molecule has 0 aliphatic heterocycles. The average Bonchev–Trinajstić information content (AvgIpc) is 3.36. The van der Waals surface area contributed by atoms with Crippen LogP contribution in [0.3, 0.4) is 0 Å². The number of hydrogen-bond acceptors (Lipinski definition) is 3. The molecule has 28 heavy (non-hydrogen) atoms. The van der Waals surface area contributed by atoms with Crippen LogP contribution in [-0.4, -0.2) is 24.7 Å². The molecule has 3 rings (SSSR count). The summed E-state index contributed by atoms with van der Waals surface area (Å²) >= 11 is 5.93. The van der Waals surface area contributed by atoms with Crippen LogP contribution in [-0.2, 0) is 22.7 Å². The van der Waals surface area contributed by atoms with Gasteiger partial charge in [-0.05, 0) is 56.4 Å². The van der Waals surface area contributed by atoms with E-state index in [1.807, 2.05) is 13.8 Å². The highest BCUT2D eigenvalue weighted by molar-refractivity contribution is 7.89. The molecule has 0 spiro atoms. The van der Waals surface area contributed by atoms with E-state index < -0.39 is 21.9 Å². The number of halogens is 4. The molecule has 1 N–H and O–H groups in total. The summed E-state index contributed by atoms with van der Waals surface area (Å²) in [5, 5.41) is 3.30. The van der Waals surface area contributed by atoms with Crippen LogP contribution in [0.2, 0.25) is 5.02 Å². The van der Waals surface area contributed by atoms with Crippen molar-refractivity contribution in [2.45, 2.75) is 56.6 Å². The molecule has 10 heteroatoms. The maximum atomic E-state index is 13.1. The average molecular weight is 436 g/mol. The van der Waals surface area contributed by atoms with Crippen molar-refractivity contribution in [1.29, 1.82) is 0 Å². The molecule has 1 aliphatic carbocycles. The van der Waals surface area contributed by atoms with E-state index in [1.54, 1.807) is 12.1 Å². The van der Waals surface area contributed by atoms with Crippen LogP contribution in [0.1, 0.15) is 47.7 Å². The van der Waals surface area contributed by atoms with E-state index in [9.17, 15) is 21.6 Å². The van der Waals surface area contributed by atoms with E-state index in [0.29, 0.717) is 12.1 Å². The normalized spacial score (nSPS) is 15.2. The molecule has 0 bridgehead atoms. The highest BCUT2D eigenvalue weighted by atomic mass is 35.5. The number of nitrogens with one attached hydrogen (secondary N) is 1. The van der Waals surface area contributed by atoms with Gasteiger partial charge in [-0.25, -0.2) is 13.1 Å². The van der Waals surface area contributed by atoms with Gasteiger partial charge in [-0.3, -0.25) is 4.68 Å². The fourth-order valence-electron chi connectivity index (χ4n) is 2.95. The van der Waals surface area contributed by atoms with Crippen molar-refractivity contribution in [1.82, 2.24) is 14.5 Å². The largest absolute Gasteiger partial charge is 0.436 e. The minimum absolute atomic E-state index is 0.0108. The molecular formula is C18H21ClF3N3O2S. The lowest BCUT2D eigenvalue weighted by molar-refractivity contribution is -0.141. The molecular weight excluding hydrogens is 415 g/mol. The van der Waals surface area contributed by atoms with Crippen LogP contribution in [0.4, 0.5) is 13.2 Å². The number of aryl methyl sites for hydroxylation is 3. The number of sulfonamides is 1. The minimum Gasteiger partial charge on any atom is -0.267 e. The van der Waals surface area contributed by atoms with E-state index in [4.69, 9.17) is 11.6 Å². The molecule has 1 aromatic carbocycles. The van der Waals surface area contributed by atoms with Crippen LogP contribution in [0.5, 0.6) is 0 Å². The first kappa shape index (κ1) is 21.1. The van der Waals surface area contributed by atoms with Crippen molar-refractivity contribution < 1.29 is 21.6 Å². The van der Waals surface area contributed by atoms with E-state index in [2.05, 4.69) is 9.82 Å². The Balaban J connectivity index is 1.66. The number of aromatic nitrogens is 2. The number of hydrogen-bond donors (Lipinski definition) is 1. The monoisotopic (exact) mass is 435 g/mol. The first-order chi connectivity index (χ1) is 13.0. The Morgan fingerprint density at radius 2 is 1.93 bits per heavy atom. The van der Waals surface area contributed by atoms with Crippen molar-refractivity contribution in [3.63, 3.8) is 0 Å². The Morgan fingerprint density at radius 3 is 2.50 bits per heavy atom. The summed E-state index contributed by atoms with van der Waals surface area (Å²) in [6, 6.07) is 4.85. The molecule has 5 nitrogen and oxygen atoms in total. The summed E-state index contributed by atoms with van der Waals surface area (Å²) in [6.07, 6.45) is -2.76. The predicted octanol–water partition coefficient (Wildman–Crippen LogP) is 4.42. The fraction of sp³-hybridized carbons (Fsp3) is 0.500. The van der Waals surface area contributed by atoms with Gasteiger partial charge < -0.3 is 0 Å².